The zero-order chi connectivity index (χ0) is 20.3. The van der Waals surface area contributed by atoms with E-state index in [2.05, 4.69) is 15.5 Å². The average Bonchev–Trinajstić information content (AvgIpc) is 3.00. The Labute approximate surface area is 162 Å². The van der Waals surface area contributed by atoms with Gasteiger partial charge in [0.15, 0.2) is 5.82 Å². The Kier molecular flexibility index (Phi) is 5.59. The molecule has 2 aromatic carbocycles. The van der Waals surface area contributed by atoms with Gasteiger partial charge in [-0.25, -0.2) is 4.68 Å². The molecule has 0 saturated carbocycles. The highest BCUT2D eigenvalue weighted by atomic mass is 32.2. The molecule has 1 heterocycles. The lowest BCUT2D eigenvalue weighted by Gasteiger charge is -2.09. The summed E-state index contributed by atoms with van der Waals surface area (Å²) in [6, 6.07) is 11.8. The smallest absolute Gasteiger partial charge is 0.335 e. The Morgan fingerprint density at radius 1 is 1.14 bits per heavy atom. The average molecular weight is 407 g/mol. The van der Waals surface area contributed by atoms with Crippen molar-refractivity contribution in [1.82, 2.24) is 14.9 Å². The SMILES string of the molecule is Cc1ccccc1-c1nnc(SCC(=O)Nc2ccc(C(F)(F)F)cc2)n1N. The fraction of sp³-hybridized carbons (Fsp3) is 0.167. The fourth-order valence-corrected chi connectivity index (χ4v) is 3.11. The van der Waals surface area contributed by atoms with Crippen LogP contribution < -0.4 is 11.2 Å². The number of alkyl halides is 3. The Balaban J connectivity index is 1.62. The molecule has 6 nitrogen and oxygen atoms in total. The van der Waals surface area contributed by atoms with E-state index in [1.165, 1.54) is 16.8 Å². The van der Waals surface area contributed by atoms with Crippen LogP contribution in [0.1, 0.15) is 11.1 Å². The minimum absolute atomic E-state index is 0.0237. The van der Waals surface area contributed by atoms with E-state index < -0.39 is 17.6 Å². The largest absolute Gasteiger partial charge is 0.416 e. The summed E-state index contributed by atoms with van der Waals surface area (Å²) in [7, 11) is 0. The third-order valence-corrected chi connectivity index (χ3v) is 4.82. The van der Waals surface area contributed by atoms with E-state index in [0.29, 0.717) is 11.0 Å². The minimum atomic E-state index is -4.42. The van der Waals surface area contributed by atoms with Crippen molar-refractivity contribution in [3.63, 3.8) is 0 Å². The van der Waals surface area contributed by atoms with Gasteiger partial charge in [0.2, 0.25) is 11.1 Å². The van der Waals surface area contributed by atoms with Crippen LogP contribution in [0.2, 0.25) is 0 Å². The topological polar surface area (TPSA) is 85.8 Å². The van der Waals surface area contributed by atoms with Crippen molar-refractivity contribution in [3.8, 4) is 11.4 Å². The number of carbonyl (C=O) groups excluding carboxylic acids is 1. The monoisotopic (exact) mass is 407 g/mol. The fourth-order valence-electron chi connectivity index (χ4n) is 2.45. The maximum atomic E-state index is 12.6. The number of halogens is 3. The zero-order valence-corrected chi connectivity index (χ0v) is 15.5. The molecule has 0 aliphatic rings. The molecule has 3 N–H and O–H groups in total. The van der Waals surface area contributed by atoms with Crippen LogP contribution in [-0.4, -0.2) is 26.5 Å². The molecule has 0 aliphatic carbocycles. The van der Waals surface area contributed by atoms with Crippen molar-refractivity contribution >= 4 is 23.4 Å². The normalized spacial score (nSPS) is 11.4. The van der Waals surface area contributed by atoms with E-state index in [0.717, 1.165) is 35.0 Å². The molecule has 0 radical (unpaired) electrons. The molecule has 0 bridgehead atoms. The number of aryl methyl sites for hydroxylation is 1. The van der Waals surface area contributed by atoms with Gasteiger partial charge in [-0.05, 0) is 36.8 Å². The van der Waals surface area contributed by atoms with E-state index in [9.17, 15) is 18.0 Å². The number of aromatic nitrogens is 3. The van der Waals surface area contributed by atoms with E-state index in [1.807, 2.05) is 31.2 Å². The van der Waals surface area contributed by atoms with Crippen LogP contribution in [0, 0.1) is 6.92 Å². The molecule has 0 atom stereocenters. The highest BCUT2D eigenvalue weighted by molar-refractivity contribution is 7.99. The molecule has 1 aromatic heterocycles. The summed E-state index contributed by atoms with van der Waals surface area (Å²) >= 11 is 1.08. The number of amides is 1. The summed E-state index contributed by atoms with van der Waals surface area (Å²) in [6.07, 6.45) is -4.42. The molecule has 0 saturated heterocycles. The number of carbonyl (C=O) groups is 1. The molecular weight excluding hydrogens is 391 g/mol. The molecule has 146 valence electrons. The molecular formula is C18H16F3N5OS. The van der Waals surface area contributed by atoms with E-state index >= 15 is 0 Å². The predicted octanol–water partition coefficient (Wildman–Crippen LogP) is 3.72. The molecule has 0 fully saturated rings. The van der Waals surface area contributed by atoms with Gasteiger partial charge in [-0.1, -0.05) is 36.0 Å². The maximum Gasteiger partial charge on any atom is 0.416 e. The van der Waals surface area contributed by atoms with Crippen LogP contribution in [-0.2, 0) is 11.0 Å². The van der Waals surface area contributed by atoms with Gasteiger partial charge in [-0.2, -0.15) is 13.2 Å². The van der Waals surface area contributed by atoms with Crippen molar-refractivity contribution < 1.29 is 18.0 Å². The van der Waals surface area contributed by atoms with Crippen molar-refractivity contribution in [2.75, 3.05) is 16.9 Å². The van der Waals surface area contributed by atoms with Crippen molar-refractivity contribution in [3.05, 3.63) is 59.7 Å². The molecule has 0 spiro atoms. The second kappa shape index (κ2) is 7.93. The number of nitrogens with zero attached hydrogens (tertiary/aromatic N) is 3. The van der Waals surface area contributed by atoms with E-state index in [4.69, 9.17) is 5.84 Å². The summed E-state index contributed by atoms with van der Waals surface area (Å²) in [5, 5.41) is 10.9. The summed E-state index contributed by atoms with van der Waals surface area (Å²) in [4.78, 5) is 12.1. The number of anilines is 1. The highest BCUT2D eigenvalue weighted by Gasteiger charge is 2.30. The quantitative estimate of drug-likeness (QED) is 0.497. The van der Waals surface area contributed by atoms with Crippen molar-refractivity contribution in [1.29, 1.82) is 0 Å². The van der Waals surface area contributed by atoms with Crippen molar-refractivity contribution in [2.45, 2.75) is 18.3 Å². The van der Waals surface area contributed by atoms with Gasteiger partial charge >= 0.3 is 6.18 Å². The molecule has 3 rings (SSSR count). The van der Waals surface area contributed by atoms with Crippen molar-refractivity contribution in [2.24, 2.45) is 0 Å². The third kappa shape index (κ3) is 4.45. The summed E-state index contributed by atoms with van der Waals surface area (Å²) in [6.45, 7) is 1.92. The number of hydrogen-bond acceptors (Lipinski definition) is 5. The molecule has 0 unspecified atom stereocenters. The van der Waals surface area contributed by atoms with Crippen LogP contribution in [0.4, 0.5) is 18.9 Å². The number of nitrogens with two attached hydrogens (primary N) is 1. The summed E-state index contributed by atoms with van der Waals surface area (Å²) < 4.78 is 39.0. The summed E-state index contributed by atoms with van der Waals surface area (Å²) in [5.74, 6) is 6.09. The van der Waals surface area contributed by atoms with Crippen LogP contribution >= 0.6 is 11.8 Å². The van der Waals surface area contributed by atoms with E-state index in [-0.39, 0.29) is 11.4 Å². The van der Waals surface area contributed by atoms with Gasteiger partial charge in [0, 0.05) is 11.3 Å². The van der Waals surface area contributed by atoms with E-state index in [1.54, 1.807) is 0 Å². The second-order valence-corrected chi connectivity index (χ2v) is 6.85. The molecule has 10 heteroatoms. The predicted molar refractivity (Wildman–Crippen MR) is 101 cm³/mol. The van der Waals surface area contributed by atoms with Crippen LogP contribution in [0.15, 0.2) is 53.7 Å². The lowest BCUT2D eigenvalue weighted by Crippen LogP contribution is -2.16. The maximum absolute atomic E-state index is 12.6. The van der Waals surface area contributed by atoms with Crippen LogP contribution in [0.3, 0.4) is 0 Å². The Bertz CT molecular complexity index is 986. The standard InChI is InChI=1S/C18H16F3N5OS/c1-11-4-2-3-5-14(11)16-24-25-17(26(16)22)28-10-15(27)23-13-8-6-12(7-9-13)18(19,20)21/h2-9H,10,22H2,1H3,(H,23,27). The van der Waals surface area contributed by atoms with Gasteiger partial charge in [0.05, 0.1) is 11.3 Å². The molecule has 0 aliphatic heterocycles. The van der Waals surface area contributed by atoms with Gasteiger partial charge in [-0.15, -0.1) is 10.2 Å². The Morgan fingerprint density at radius 3 is 2.46 bits per heavy atom. The number of rotatable bonds is 5. The Morgan fingerprint density at radius 2 is 1.82 bits per heavy atom. The molecule has 28 heavy (non-hydrogen) atoms. The minimum Gasteiger partial charge on any atom is -0.335 e. The van der Waals surface area contributed by atoms with Crippen LogP contribution in [0.5, 0.6) is 0 Å². The molecule has 3 aromatic rings. The first kappa shape index (κ1) is 19.7. The zero-order valence-electron chi connectivity index (χ0n) is 14.7. The van der Waals surface area contributed by atoms with Gasteiger partial charge in [0.25, 0.3) is 0 Å². The number of nitrogen functional groups attached to an aromatic ring is 1. The van der Waals surface area contributed by atoms with Gasteiger partial charge in [0.1, 0.15) is 0 Å². The number of nitrogens with one attached hydrogen (secondary N) is 1. The lowest BCUT2D eigenvalue weighted by atomic mass is 10.1. The summed E-state index contributed by atoms with van der Waals surface area (Å²) in [5.41, 5.74) is 1.31. The van der Waals surface area contributed by atoms with Crippen LogP contribution in [0.25, 0.3) is 11.4 Å². The number of thioether (sulfide) groups is 1. The van der Waals surface area contributed by atoms with Gasteiger partial charge < -0.3 is 11.2 Å². The molecule has 1 amide bonds. The highest BCUT2D eigenvalue weighted by Crippen LogP contribution is 2.30. The lowest BCUT2D eigenvalue weighted by molar-refractivity contribution is -0.137. The Hall–Kier alpha value is -3.01. The third-order valence-electron chi connectivity index (χ3n) is 3.88. The second-order valence-electron chi connectivity index (χ2n) is 5.90. The van der Waals surface area contributed by atoms with Gasteiger partial charge in [-0.3, -0.25) is 4.79 Å². The number of benzene rings is 2. The first-order chi connectivity index (χ1) is 13.3. The first-order valence-electron chi connectivity index (χ1n) is 8.12. The number of hydrogen-bond donors (Lipinski definition) is 2. The first-order valence-corrected chi connectivity index (χ1v) is 9.10.